The molecule has 1 heterocycles. The van der Waals surface area contributed by atoms with Gasteiger partial charge < -0.3 is 15.2 Å². The number of guanidine groups is 1. The van der Waals surface area contributed by atoms with Crippen molar-refractivity contribution in [2.75, 3.05) is 13.6 Å². The molecule has 2 aromatic rings. The molecule has 5 nitrogen and oxygen atoms in total. The van der Waals surface area contributed by atoms with E-state index in [0.29, 0.717) is 6.54 Å². The Bertz CT molecular complexity index is 727. The third kappa shape index (κ3) is 5.10. The fourth-order valence-corrected chi connectivity index (χ4v) is 2.98. The number of nitrogens with one attached hydrogen (secondary N) is 2. The topological polar surface area (TPSA) is 62.5 Å². The van der Waals surface area contributed by atoms with Gasteiger partial charge in [0.2, 0.25) is 0 Å². The molecule has 136 valence electrons. The quantitative estimate of drug-likeness (QED) is 0.379. The lowest BCUT2D eigenvalue weighted by atomic mass is 9.96. The van der Waals surface area contributed by atoms with Gasteiger partial charge in [0.05, 0.1) is 12.2 Å². The lowest BCUT2D eigenvalue weighted by Gasteiger charge is -2.19. The summed E-state index contributed by atoms with van der Waals surface area (Å²) in [6.07, 6.45) is 3.21. The largest absolute Gasteiger partial charge is 0.359 e. The summed E-state index contributed by atoms with van der Waals surface area (Å²) in [5, 5.41) is 11.5. The van der Waals surface area contributed by atoms with Crippen LogP contribution >= 0.6 is 35.6 Å². The van der Waals surface area contributed by atoms with Crippen LogP contribution in [0.2, 0.25) is 5.02 Å². The first-order chi connectivity index (χ1) is 11.6. The van der Waals surface area contributed by atoms with E-state index >= 15 is 0 Å². The standard InChI is InChI=1S/C18H23ClN4O.HI/c1-3-15-10-16(24-23-15)11-21-17(20-2)22-12-18(7-8-18)13-5-4-6-14(19)9-13;/h4-6,9-10H,3,7-8,11-12H2,1-2H3,(H2,20,21,22);1H. The molecule has 2 N–H and O–H groups in total. The monoisotopic (exact) mass is 474 g/mol. The van der Waals surface area contributed by atoms with Crippen LogP contribution in [0.4, 0.5) is 0 Å². The normalized spacial score (nSPS) is 15.4. The fraction of sp³-hybridized carbons (Fsp3) is 0.444. The summed E-state index contributed by atoms with van der Waals surface area (Å²) >= 11 is 6.13. The zero-order valence-electron chi connectivity index (χ0n) is 14.5. The molecule has 0 radical (unpaired) electrons. The molecule has 0 saturated heterocycles. The van der Waals surface area contributed by atoms with Gasteiger partial charge in [-0.1, -0.05) is 35.8 Å². The molecular formula is C18H24ClIN4O. The van der Waals surface area contributed by atoms with Gasteiger partial charge in [-0.25, -0.2) is 0 Å². The van der Waals surface area contributed by atoms with Crippen LogP contribution in [-0.2, 0) is 18.4 Å². The van der Waals surface area contributed by atoms with Crippen LogP contribution in [0.15, 0.2) is 39.8 Å². The minimum Gasteiger partial charge on any atom is -0.359 e. The van der Waals surface area contributed by atoms with Crippen LogP contribution in [0.1, 0.15) is 36.8 Å². The number of hydrogen-bond acceptors (Lipinski definition) is 3. The smallest absolute Gasteiger partial charge is 0.191 e. The number of aliphatic imine (C=N–C) groups is 1. The molecule has 3 rings (SSSR count). The van der Waals surface area contributed by atoms with E-state index in [9.17, 15) is 0 Å². The molecule has 7 heteroatoms. The van der Waals surface area contributed by atoms with Gasteiger partial charge in [-0.05, 0) is 37.0 Å². The fourth-order valence-electron chi connectivity index (χ4n) is 2.79. The Morgan fingerprint density at radius 2 is 2.12 bits per heavy atom. The second kappa shape index (κ2) is 8.89. The third-order valence-corrected chi connectivity index (χ3v) is 4.74. The molecule has 0 spiro atoms. The van der Waals surface area contributed by atoms with Gasteiger partial charge in [0.15, 0.2) is 11.7 Å². The van der Waals surface area contributed by atoms with E-state index in [0.717, 1.165) is 35.4 Å². The molecule has 0 bridgehead atoms. The lowest BCUT2D eigenvalue weighted by molar-refractivity contribution is 0.374. The van der Waals surface area contributed by atoms with Crippen LogP contribution in [0, 0.1) is 0 Å². The van der Waals surface area contributed by atoms with Crippen molar-refractivity contribution in [3.8, 4) is 0 Å². The van der Waals surface area contributed by atoms with Gasteiger partial charge in [0.1, 0.15) is 0 Å². The Morgan fingerprint density at radius 3 is 2.72 bits per heavy atom. The predicted molar refractivity (Wildman–Crippen MR) is 112 cm³/mol. The molecule has 1 aromatic heterocycles. The van der Waals surface area contributed by atoms with Crippen LogP contribution < -0.4 is 10.6 Å². The van der Waals surface area contributed by atoms with Crippen LogP contribution in [0.25, 0.3) is 0 Å². The first-order valence-corrected chi connectivity index (χ1v) is 8.68. The SMILES string of the molecule is CCc1cc(CNC(=NC)NCC2(c3cccc(Cl)c3)CC2)on1.I. The van der Waals surface area contributed by atoms with E-state index in [-0.39, 0.29) is 29.4 Å². The van der Waals surface area contributed by atoms with E-state index in [1.165, 1.54) is 18.4 Å². The van der Waals surface area contributed by atoms with Crippen LogP contribution in [0.3, 0.4) is 0 Å². The number of hydrogen-bond donors (Lipinski definition) is 2. The maximum Gasteiger partial charge on any atom is 0.191 e. The van der Waals surface area contributed by atoms with Crippen molar-refractivity contribution in [1.82, 2.24) is 15.8 Å². The summed E-state index contributed by atoms with van der Waals surface area (Å²) in [5.41, 5.74) is 2.43. The highest BCUT2D eigenvalue weighted by Crippen LogP contribution is 2.48. The summed E-state index contributed by atoms with van der Waals surface area (Å²) in [5.74, 6) is 1.57. The molecule has 1 aliphatic rings. The van der Waals surface area contributed by atoms with E-state index in [1.54, 1.807) is 7.05 Å². The molecule has 1 aromatic carbocycles. The van der Waals surface area contributed by atoms with Crippen molar-refractivity contribution >= 4 is 41.5 Å². The predicted octanol–water partition coefficient (Wildman–Crippen LogP) is 3.91. The number of aryl methyl sites for hydroxylation is 1. The van der Waals surface area contributed by atoms with Gasteiger partial charge >= 0.3 is 0 Å². The first kappa shape index (κ1) is 20.0. The maximum atomic E-state index is 6.13. The molecule has 25 heavy (non-hydrogen) atoms. The van der Waals surface area contributed by atoms with E-state index in [1.807, 2.05) is 18.2 Å². The van der Waals surface area contributed by atoms with Crippen LogP contribution in [0.5, 0.6) is 0 Å². The Labute approximate surface area is 170 Å². The van der Waals surface area contributed by atoms with Crippen molar-refractivity contribution in [3.05, 3.63) is 52.4 Å². The van der Waals surface area contributed by atoms with E-state index in [2.05, 4.69) is 39.8 Å². The van der Waals surface area contributed by atoms with Crippen LogP contribution in [-0.4, -0.2) is 24.7 Å². The summed E-state index contributed by atoms with van der Waals surface area (Å²) in [7, 11) is 1.77. The van der Waals surface area contributed by atoms with Gasteiger partial charge in [-0.2, -0.15) is 0 Å². The second-order valence-corrected chi connectivity index (χ2v) is 6.64. The average molecular weight is 475 g/mol. The zero-order valence-corrected chi connectivity index (χ0v) is 17.6. The van der Waals surface area contributed by atoms with Gasteiger partial charge in [0, 0.05) is 30.1 Å². The third-order valence-electron chi connectivity index (χ3n) is 4.51. The number of rotatable bonds is 6. The van der Waals surface area contributed by atoms with Crippen molar-refractivity contribution in [3.63, 3.8) is 0 Å². The molecule has 0 amide bonds. The molecule has 1 aliphatic carbocycles. The Balaban J connectivity index is 0.00000225. The summed E-state index contributed by atoms with van der Waals surface area (Å²) in [4.78, 5) is 4.28. The Kier molecular flexibility index (Phi) is 7.13. The minimum atomic E-state index is 0. The van der Waals surface area contributed by atoms with E-state index < -0.39 is 0 Å². The zero-order chi connectivity index (χ0) is 17.0. The second-order valence-electron chi connectivity index (χ2n) is 6.21. The Morgan fingerprint density at radius 1 is 1.32 bits per heavy atom. The number of aromatic nitrogens is 1. The molecule has 1 saturated carbocycles. The summed E-state index contributed by atoms with van der Waals surface area (Å²) in [6.45, 7) is 3.46. The highest BCUT2D eigenvalue weighted by molar-refractivity contribution is 14.0. The highest BCUT2D eigenvalue weighted by atomic mass is 127. The average Bonchev–Trinajstić information content (AvgIpc) is 3.25. The molecule has 0 unspecified atom stereocenters. The van der Waals surface area contributed by atoms with Crippen molar-refractivity contribution in [2.24, 2.45) is 4.99 Å². The maximum absolute atomic E-state index is 6.13. The van der Waals surface area contributed by atoms with Gasteiger partial charge in [-0.3, -0.25) is 4.99 Å². The lowest BCUT2D eigenvalue weighted by Crippen LogP contribution is -2.40. The molecule has 0 atom stereocenters. The summed E-state index contributed by atoms with van der Waals surface area (Å²) in [6, 6.07) is 10.1. The van der Waals surface area contributed by atoms with Crippen molar-refractivity contribution in [1.29, 1.82) is 0 Å². The molecule has 0 aliphatic heterocycles. The molecule has 1 fully saturated rings. The van der Waals surface area contributed by atoms with Crippen molar-refractivity contribution < 1.29 is 4.52 Å². The number of benzene rings is 1. The first-order valence-electron chi connectivity index (χ1n) is 8.30. The number of halogens is 2. The number of nitrogens with zero attached hydrogens (tertiary/aromatic N) is 2. The summed E-state index contributed by atoms with van der Waals surface area (Å²) < 4.78 is 5.28. The molecular weight excluding hydrogens is 451 g/mol. The van der Waals surface area contributed by atoms with E-state index in [4.69, 9.17) is 16.1 Å². The van der Waals surface area contributed by atoms with Gasteiger partial charge in [-0.15, -0.1) is 24.0 Å². The minimum absolute atomic E-state index is 0. The van der Waals surface area contributed by atoms with Gasteiger partial charge in [0.25, 0.3) is 0 Å². The highest BCUT2D eigenvalue weighted by Gasteiger charge is 2.44. The Hall–Kier alpha value is -1.28. The van der Waals surface area contributed by atoms with Crippen molar-refractivity contribution in [2.45, 2.75) is 38.1 Å².